The van der Waals surface area contributed by atoms with Gasteiger partial charge in [0.25, 0.3) is 0 Å². The molecule has 0 aromatic heterocycles. The van der Waals surface area contributed by atoms with Crippen LogP contribution in [-0.2, 0) is 42.7 Å². The second-order valence-electron chi connectivity index (χ2n) is 17.6. The van der Waals surface area contributed by atoms with Crippen LogP contribution in [0.1, 0.15) is 76.6 Å². The van der Waals surface area contributed by atoms with Crippen LogP contribution in [-0.4, -0.2) is 25.2 Å². The zero-order chi connectivity index (χ0) is 44.3. The van der Waals surface area contributed by atoms with Crippen LogP contribution in [0.2, 0.25) is 0 Å². The first-order valence-corrected chi connectivity index (χ1v) is 21.5. The Morgan fingerprint density at radius 3 is 0.952 bits per heavy atom. The Labute approximate surface area is 369 Å². The van der Waals surface area contributed by atoms with E-state index in [0.717, 1.165) is 70.9 Å². The Morgan fingerprint density at radius 2 is 0.694 bits per heavy atom. The zero-order valence-electron chi connectivity index (χ0n) is 37.2. The van der Waals surface area contributed by atoms with E-state index in [2.05, 4.69) is 210 Å². The molecule has 6 heteroatoms. The van der Waals surface area contributed by atoms with E-state index in [1.54, 1.807) is 0 Å². The van der Waals surface area contributed by atoms with E-state index in [1.165, 1.54) is 34.4 Å². The van der Waals surface area contributed by atoms with E-state index in [4.69, 9.17) is 9.47 Å². The topological polar surface area (TPSA) is 59.1 Å². The number of carbonyl (C=O) groups is 2. The fourth-order valence-electron chi connectivity index (χ4n) is 7.36. The number of esters is 2. The maximum atomic E-state index is 11.5. The Bertz CT molecular complexity index is 2230. The molecule has 0 aliphatic heterocycles. The molecule has 62 heavy (non-hydrogen) atoms. The van der Waals surface area contributed by atoms with Crippen molar-refractivity contribution in [3.8, 4) is 11.1 Å². The predicted octanol–water partition coefficient (Wildman–Crippen LogP) is 14.2. The first-order chi connectivity index (χ1) is 29.7. The molecule has 0 atom stereocenters. The minimum atomic E-state index is -0.390. The minimum Gasteiger partial charge on any atom is -0.463 e. The summed E-state index contributed by atoms with van der Waals surface area (Å²) in [5.41, 5.74) is 13.7. The van der Waals surface area contributed by atoms with Gasteiger partial charge in [-0.2, -0.15) is 0 Å². The normalized spacial score (nSPS) is 11.4. The van der Waals surface area contributed by atoms with Gasteiger partial charge >= 0.3 is 11.9 Å². The standard InChI is InChI=1S/C56H60N2O4/c1-9-53(59)61-39-11-13-41-15-27-47(28-16-41)57(51-35-23-45(24-36-51)55(3,4)5)49-31-19-43(20-32-49)44-21-33-50(34-22-44)58(52-37-25-46(26-38-52)56(6,7)8)48-29-17-42(18-30-48)14-12-40-62-54(60)10-2/h9-10,15-38H,1-2,11-14,39-40H2,3-8H3. The molecule has 0 saturated carbocycles. The lowest BCUT2D eigenvalue weighted by Gasteiger charge is -2.28. The Hall–Kier alpha value is -6.66. The molecule has 0 aliphatic carbocycles. The van der Waals surface area contributed by atoms with Gasteiger partial charge in [0.2, 0.25) is 0 Å². The second kappa shape index (κ2) is 20.3. The number of anilines is 6. The van der Waals surface area contributed by atoms with Crippen molar-refractivity contribution in [2.75, 3.05) is 23.0 Å². The molecule has 6 aromatic rings. The number of ether oxygens (including phenoxy) is 2. The number of aryl methyl sites for hydroxylation is 2. The van der Waals surface area contributed by atoms with E-state index < -0.39 is 0 Å². The van der Waals surface area contributed by atoms with E-state index in [9.17, 15) is 9.59 Å². The van der Waals surface area contributed by atoms with Crippen LogP contribution in [0.4, 0.5) is 34.1 Å². The molecule has 318 valence electrons. The van der Waals surface area contributed by atoms with Crippen molar-refractivity contribution in [1.29, 1.82) is 0 Å². The number of hydrogen-bond acceptors (Lipinski definition) is 6. The van der Waals surface area contributed by atoms with Crippen molar-refractivity contribution in [3.05, 3.63) is 193 Å². The first kappa shape index (κ1) is 44.9. The number of rotatable bonds is 17. The molecule has 6 aromatic carbocycles. The summed E-state index contributed by atoms with van der Waals surface area (Å²) in [4.78, 5) is 27.5. The maximum absolute atomic E-state index is 11.5. The van der Waals surface area contributed by atoms with Gasteiger partial charge in [-0.1, -0.05) is 127 Å². The summed E-state index contributed by atoms with van der Waals surface area (Å²) in [7, 11) is 0. The van der Waals surface area contributed by atoms with E-state index in [0.29, 0.717) is 13.2 Å². The Balaban J connectivity index is 1.25. The van der Waals surface area contributed by atoms with Crippen LogP contribution in [0.25, 0.3) is 11.1 Å². The number of carbonyl (C=O) groups excluding carboxylic acids is 2. The first-order valence-electron chi connectivity index (χ1n) is 21.5. The van der Waals surface area contributed by atoms with Crippen LogP contribution in [0.5, 0.6) is 0 Å². The third-order valence-corrected chi connectivity index (χ3v) is 11.0. The molecule has 0 heterocycles. The monoisotopic (exact) mass is 824 g/mol. The highest BCUT2D eigenvalue weighted by Gasteiger charge is 2.19. The maximum Gasteiger partial charge on any atom is 0.330 e. The highest BCUT2D eigenvalue weighted by atomic mass is 16.5. The number of benzene rings is 6. The van der Waals surface area contributed by atoms with Crippen molar-refractivity contribution in [2.45, 2.75) is 78.1 Å². The molecule has 0 saturated heterocycles. The van der Waals surface area contributed by atoms with E-state index in [1.807, 2.05) is 0 Å². The van der Waals surface area contributed by atoms with Gasteiger partial charge in [0.1, 0.15) is 0 Å². The summed E-state index contributed by atoms with van der Waals surface area (Å²) in [6.45, 7) is 21.1. The number of nitrogens with zero attached hydrogens (tertiary/aromatic N) is 2. The van der Waals surface area contributed by atoms with Crippen LogP contribution >= 0.6 is 0 Å². The zero-order valence-corrected chi connectivity index (χ0v) is 37.2. The predicted molar refractivity (Wildman–Crippen MR) is 258 cm³/mol. The molecule has 0 unspecified atom stereocenters. The van der Waals surface area contributed by atoms with Crippen molar-refractivity contribution < 1.29 is 19.1 Å². The van der Waals surface area contributed by atoms with Gasteiger partial charge < -0.3 is 19.3 Å². The highest BCUT2D eigenvalue weighted by Crippen LogP contribution is 2.39. The van der Waals surface area contributed by atoms with E-state index in [-0.39, 0.29) is 22.8 Å². The van der Waals surface area contributed by atoms with E-state index >= 15 is 0 Å². The highest BCUT2D eigenvalue weighted by molar-refractivity contribution is 5.82. The lowest BCUT2D eigenvalue weighted by atomic mass is 9.87. The van der Waals surface area contributed by atoms with Crippen molar-refractivity contribution in [1.82, 2.24) is 0 Å². The molecule has 6 nitrogen and oxygen atoms in total. The van der Waals surface area contributed by atoms with Crippen LogP contribution in [0.15, 0.2) is 171 Å². The Morgan fingerprint density at radius 1 is 0.435 bits per heavy atom. The molecule has 0 amide bonds. The summed E-state index contributed by atoms with van der Waals surface area (Å²) >= 11 is 0. The van der Waals surface area contributed by atoms with Gasteiger partial charge in [0, 0.05) is 46.3 Å². The van der Waals surface area contributed by atoms with Crippen LogP contribution in [0.3, 0.4) is 0 Å². The fraction of sp³-hybridized carbons (Fsp3) is 0.250. The van der Waals surface area contributed by atoms with Crippen molar-refractivity contribution >= 4 is 46.1 Å². The summed E-state index contributed by atoms with van der Waals surface area (Å²) in [6.07, 6.45) is 5.50. The lowest BCUT2D eigenvalue weighted by molar-refractivity contribution is -0.138. The van der Waals surface area contributed by atoms with Crippen LogP contribution in [0, 0.1) is 0 Å². The smallest absolute Gasteiger partial charge is 0.330 e. The summed E-state index contributed by atoms with van der Waals surface area (Å²) in [5, 5.41) is 0. The molecule has 0 spiro atoms. The lowest BCUT2D eigenvalue weighted by Crippen LogP contribution is -2.13. The third-order valence-electron chi connectivity index (χ3n) is 11.0. The van der Waals surface area contributed by atoms with Gasteiger partial charge in [-0.15, -0.1) is 0 Å². The van der Waals surface area contributed by atoms with Crippen LogP contribution < -0.4 is 9.80 Å². The van der Waals surface area contributed by atoms with Crippen molar-refractivity contribution in [3.63, 3.8) is 0 Å². The second-order valence-corrected chi connectivity index (χ2v) is 17.6. The molecule has 0 fully saturated rings. The van der Waals surface area contributed by atoms with Crippen molar-refractivity contribution in [2.24, 2.45) is 0 Å². The molecule has 0 N–H and O–H groups in total. The molecular formula is C56H60N2O4. The quantitative estimate of drug-likeness (QED) is 0.0519. The SMILES string of the molecule is C=CC(=O)OCCCc1ccc(N(c2ccc(-c3ccc(N(c4ccc(CCCOC(=O)C=C)cc4)c4ccc(C(C)(C)C)cc4)cc3)cc2)c2ccc(C(C)(C)C)cc2)cc1. The summed E-state index contributed by atoms with van der Waals surface area (Å²) in [6, 6.07) is 52.5. The van der Waals surface area contributed by atoms with Gasteiger partial charge in [0.05, 0.1) is 13.2 Å². The largest absolute Gasteiger partial charge is 0.463 e. The molecule has 0 aliphatic rings. The van der Waals surface area contributed by atoms with Gasteiger partial charge in [-0.3, -0.25) is 0 Å². The molecular weight excluding hydrogens is 765 g/mol. The fourth-order valence-corrected chi connectivity index (χ4v) is 7.36. The number of hydrogen-bond donors (Lipinski definition) is 0. The van der Waals surface area contributed by atoms with Gasteiger partial charge in [-0.25, -0.2) is 9.59 Å². The average molecular weight is 825 g/mol. The Kier molecular flexibility index (Phi) is 14.7. The third kappa shape index (κ3) is 11.8. The van der Waals surface area contributed by atoms with Gasteiger partial charge in [0.15, 0.2) is 0 Å². The average Bonchev–Trinajstić information content (AvgIpc) is 3.28. The molecule has 0 radical (unpaired) electrons. The minimum absolute atomic E-state index is 0.0479. The summed E-state index contributed by atoms with van der Waals surface area (Å²) in [5.74, 6) is -0.780. The summed E-state index contributed by atoms with van der Waals surface area (Å²) < 4.78 is 10.4. The molecule has 0 bridgehead atoms. The van der Waals surface area contributed by atoms with Gasteiger partial charge in [-0.05, 0) is 143 Å². The molecule has 6 rings (SSSR count).